The Morgan fingerprint density at radius 1 is 1.05 bits per heavy atom. The molecule has 3 heteroatoms. The number of nitrogens with one attached hydrogen (secondary N) is 1. The fourth-order valence-corrected chi connectivity index (χ4v) is 3.68. The summed E-state index contributed by atoms with van der Waals surface area (Å²) in [4.78, 5) is 14.5. The maximum Gasteiger partial charge on any atom is 0.253 e. The molecule has 0 spiro atoms. The van der Waals surface area contributed by atoms with E-state index in [9.17, 15) is 4.79 Å². The Kier molecular flexibility index (Phi) is 3.46. The van der Waals surface area contributed by atoms with Gasteiger partial charge < -0.3 is 10.2 Å². The number of amides is 1. The summed E-state index contributed by atoms with van der Waals surface area (Å²) in [5.41, 5.74) is 0.819. The van der Waals surface area contributed by atoms with Gasteiger partial charge in [0.15, 0.2) is 0 Å². The monoisotopic (exact) mass is 284 g/mol. The summed E-state index contributed by atoms with van der Waals surface area (Å²) in [6.07, 6.45) is 6.75. The second-order valence-electron chi connectivity index (χ2n) is 6.97. The molecule has 1 heterocycles. The molecule has 1 saturated heterocycles. The third-order valence-electron chi connectivity index (χ3n) is 5.18. The van der Waals surface area contributed by atoms with E-state index in [1.165, 1.54) is 25.7 Å². The Labute approximate surface area is 126 Å². The average molecular weight is 284 g/mol. The number of hydrogen-bond donors (Lipinski definition) is 1. The summed E-state index contributed by atoms with van der Waals surface area (Å²) in [7, 11) is 0. The molecule has 3 fully saturated rings. The number of likely N-dealkylation sites (tertiary alicyclic amines) is 1. The summed E-state index contributed by atoms with van der Waals surface area (Å²) >= 11 is 0. The molecule has 1 aromatic rings. The highest BCUT2D eigenvalue weighted by Gasteiger charge is 2.43. The van der Waals surface area contributed by atoms with Gasteiger partial charge in [-0.15, -0.1) is 0 Å². The third kappa shape index (κ3) is 2.98. The largest absolute Gasteiger partial charge is 0.337 e. The molecular formula is C18H24N2O. The van der Waals surface area contributed by atoms with Crippen molar-refractivity contribution < 1.29 is 4.79 Å². The molecule has 1 aliphatic heterocycles. The molecule has 3 aliphatic rings. The van der Waals surface area contributed by atoms with Crippen molar-refractivity contribution in [1.29, 1.82) is 0 Å². The van der Waals surface area contributed by atoms with Crippen LogP contribution in [0.25, 0.3) is 0 Å². The summed E-state index contributed by atoms with van der Waals surface area (Å²) in [5, 5.41) is 3.88. The SMILES string of the molecule is O=C(c1ccccc1)N1CC[C@H](NC(C2CC2)C2CC2)C1. The smallest absolute Gasteiger partial charge is 0.253 e. The number of nitrogens with zero attached hydrogens (tertiary/aromatic N) is 1. The van der Waals surface area contributed by atoms with Crippen molar-refractivity contribution in [2.45, 2.75) is 44.2 Å². The van der Waals surface area contributed by atoms with Crippen LogP contribution < -0.4 is 5.32 Å². The van der Waals surface area contributed by atoms with E-state index in [1.54, 1.807) is 0 Å². The Balaban J connectivity index is 1.35. The maximum absolute atomic E-state index is 12.5. The molecular weight excluding hydrogens is 260 g/mol. The van der Waals surface area contributed by atoms with E-state index in [4.69, 9.17) is 0 Å². The molecule has 0 unspecified atom stereocenters. The predicted molar refractivity (Wildman–Crippen MR) is 83.1 cm³/mol. The van der Waals surface area contributed by atoms with E-state index < -0.39 is 0 Å². The van der Waals surface area contributed by atoms with Crippen molar-refractivity contribution in [3.63, 3.8) is 0 Å². The standard InChI is InChI=1S/C18H24N2O/c21-18(15-4-2-1-3-5-15)20-11-10-16(12-20)19-17(13-6-7-13)14-8-9-14/h1-5,13-14,16-17,19H,6-12H2/t16-/m0/s1. The molecule has 1 atom stereocenters. The van der Waals surface area contributed by atoms with E-state index in [0.29, 0.717) is 6.04 Å². The highest BCUT2D eigenvalue weighted by Crippen LogP contribution is 2.44. The van der Waals surface area contributed by atoms with Crippen LogP contribution in [-0.4, -0.2) is 36.0 Å². The third-order valence-corrected chi connectivity index (χ3v) is 5.18. The lowest BCUT2D eigenvalue weighted by Crippen LogP contribution is -2.43. The molecule has 4 rings (SSSR count). The summed E-state index contributed by atoms with van der Waals surface area (Å²) < 4.78 is 0. The molecule has 0 radical (unpaired) electrons. The van der Waals surface area contributed by atoms with Crippen LogP contribution in [0.3, 0.4) is 0 Å². The van der Waals surface area contributed by atoms with Crippen molar-refractivity contribution in [3.05, 3.63) is 35.9 Å². The van der Waals surface area contributed by atoms with Gasteiger partial charge >= 0.3 is 0 Å². The minimum Gasteiger partial charge on any atom is -0.337 e. The maximum atomic E-state index is 12.5. The Bertz CT molecular complexity index is 495. The molecule has 2 aliphatic carbocycles. The zero-order valence-corrected chi connectivity index (χ0v) is 12.5. The number of carbonyl (C=O) groups excluding carboxylic acids is 1. The number of rotatable bonds is 5. The van der Waals surface area contributed by atoms with E-state index in [2.05, 4.69) is 5.32 Å². The molecule has 0 bridgehead atoms. The van der Waals surface area contributed by atoms with Crippen molar-refractivity contribution in [2.24, 2.45) is 11.8 Å². The Hall–Kier alpha value is -1.35. The molecule has 112 valence electrons. The topological polar surface area (TPSA) is 32.3 Å². The van der Waals surface area contributed by atoms with Crippen LogP contribution in [0.1, 0.15) is 42.5 Å². The average Bonchev–Trinajstić information content (AvgIpc) is 3.45. The van der Waals surface area contributed by atoms with Crippen LogP contribution in [0.2, 0.25) is 0 Å². The molecule has 21 heavy (non-hydrogen) atoms. The van der Waals surface area contributed by atoms with Crippen LogP contribution >= 0.6 is 0 Å². The number of benzene rings is 1. The van der Waals surface area contributed by atoms with Crippen molar-refractivity contribution in [2.75, 3.05) is 13.1 Å². The minimum atomic E-state index is 0.189. The first-order valence-electron chi connectivity index (χ1n) is 8.41. The Morgan fingerprint density at radius 2 is 1.71 bits per heavy atom. The fraction of sp³-hybridized carbons (Fsp3) is 0.611. The first-order valence-corrected chi connectivity index (χ1v) is 8.41. The first kappa shape index (κ1) is 13.3. The molecule has 3 nitrogen and oxygen atoms in total. The van der Waals surface area contributed by atoms with Crippen LogP contribution in [0.5, 0.6) is 0 Å². The molecule has 0 aromatic heterocycles. The van der Waals surface area contributed by atoms with E-state index in [0.717, 1.165) is 43.0 Å². The number of hydrogen-bond acceptors (Lipinski definition) is 2. The lowest BCUT2D eigenvalue weighted by Gasteiger charge is -2.23. The fourth-order valence-electron chi connectivity index (χ4n) is 3.68. The van der Waals surface area contributed by atoms with Crippen LogP contribution in [0.4, 0.5) is 0 Å². The van der Waals surface area contributed by atoms with Crippen molar-refractivity contribution >= 4 is 5.91 Å². The van der Waals surface area contributed by atoms with Gasteiger partial charge in [0.2, 0.25) is 0 Å². The van der Waals surface area contributed by atoms with Crippen LogP contribution in [0.15, 0.2) is 30.3 Å². The predicted octanol–water partition coefficient (Wildman–Crippen LogP) is 2.68. The van der Waals surface area contributed by atoms with Gasteiger partial charge in [0, 0.05) is 30.7 Å². The van der Waals surface area contributed by atoms with Gasteiger partial charge in [0.05, 0.1) is 0 Å². The highest BCUT2D eigenvalue weighted by atomic mass is 16.2. The zero-order chi connectivity index (χ0) is 14.2. The molecule has 2 saturated carbocycles. The lowest BCUT2D eigenvalue weighted by atomic mass is 10.1. The van der Waals surface area contributed by atoms with Gasteiger partial charge in [-0.1, -0.05) is 18.2 Å². The second kappa shape index (κ2) is 5.45. The van der Waals surface area contributed by atoms with E-state index in [-0.39, 0.29) is 5.91 Å². The highest BCUT2D eigenvalue weighted by molar-refractivity contribution is 5.94. The molecule has 1 amide bonds. The second-order valence-corrected chi connectivity index (χ2v) is 6.97. The van der Waals surface area contributed by atoms with Crippen molar-refractivity contribution in [1.82, 2.24) is 10.2 Å². The van der Waals surface area contributed by atoms with Gasteiger partial charge in [0.1, 0.15) is 0 Å². The van der Waals surface area contributed by atoms with Gasteiger partial charge in [-0.3, -0.25) is 4.79 Å². The van der Waals surface area contributed by atoms with Crippen molar-refractivity contribution in [3.8, 4) is 0 Å². The number of carbonyl (C=O) groups is 1. The van der Waals surface area contributed by atoms with Crippen LogP contribution in [-0.2, 0) is 0 Å². The summed E-state index contributed by atoms with van der Waals surface area (Å²) in [6, 6.07) is 10.9. The minimum absolute atomic E-state index is 0.189. The molecule has 1 aromatic carbocycles. The molecule has 1 N–H and O–H groups in total. The quantitative estimate of drug-likeness (QED) is 0.901. The van der Waals surface area contributed by atoms with Gasteiger partial charge in [-0.05, 0) is 56.1 Å². The van der Waals surface area contributed by atoms with Gasteiger partial charge in [-0.25, -0.2) is 0 Å². The van der Waals surface area contributed by atoms with E-state index >= 15 is 0 Å². The lowest BCUT2D eigenvalue weighted by molar-refractivity contribution is 0.0788. The zero-order valence-electron chi connectivity index (χ0n) is 12.5. The van der Waals surface area contributed by atoms with Gasteiger partial charge in [-0.2, -0.15) is 0 Å². The van der Waals surface area contributed by atoms with E-state index in [1.807, 2.05) is 35.2 Å². The normalized spacial score (nSPS) is 25.6. The van der Waals surface area contributed by atoms with Crippen LogP contribution in [0, 0.1) is 11.8 Å². The summed E-state index contributed by atoms with van der Waals surface area (Å²) in [6.45, 7) is 1.77. The Morgan fingerprint density at radius 3 is 2.33 bits per heavy atom. The first-order chi connectivity index (χ1) is 10.3. The van der Waals surface area contributed by atoms with Gasteiger partial charge in [0.25, 0.3) is 5.91 Å². The summed E-state index contributed by atoms with van der Waals surface area (Å²) in [5.74, 6) is 2.04.